The molecule has 0 fully saturated rings. The number of hydrogen-bond donors (Lipinski definition) is 2. The molecule has 0 aromatic carbocycles. The molecule has 0 unspecified atom stereocenters. The Hall–Kier alpha value is -1.06. The molecule has 0 radical (unpaired) electrons. The highest BCUT2D eigenvalue weighted by Crippen LogP contribution is 2.35. The number of carboxylic acids is 2. The number of aliphatic carboxylic acids is 2. The molecule has 0 aliphatic heterocycles. The average Bonchev–Trinajstić information content (AvgIpc) is 2.06. The van der Waals surface area contributed by atoms with E-state index < -0.39 is 17.4 Å². The zero-order valence-electron chi connectivity index (χ0n) is 16.8. The maximum absolute atomic E-state index is 10.7. The van der Waals surface area contributed by atoms with Gasteiger partial charge in [0.15, 0.2) is 0 Å². The molecule has 23 heavy (non-hydrogen) atoms. The molecule has 0 heterocycles. The van der Waals surface area contributed by atoms with Gasteiger partial charge in [0.1, 0.15) is 0 Å². The van der Waals surface area contributed by atoms with Crippen molar-refractivity contribution in [3.63, 3.8) is 0 Å². The highest BCUT2D eigenvalue weighted by Gasteiger charge is 2.32. The molecule has 0 bridgehead atoms. The summed E-state index contributed by atoms with van der Waals surface area (Å²) in [6.07, 6.45) is 1.89. The van der Waals surface area contributed by atoms with Gasteiger partial charge >= 0.3 is 11.9 Å². The second-order valence-electron chi connectivity index (χ2n) is 10.4. The minimum atomic E-state index is -0.715. The molecule has 138 valence electrons. The van der Waals surface area contributed by atoms with E-state index in [1.165, 1.54) is 0 Å². The van der Waals surface area contributed by atoms with Gasteiger partial charge in [0.05, 0.1) is 11.8 Å². The van der Waals surface area contributed by atoms with Gasteiger partial charge in [-0.3, -0.25) is 9.59 Å². The van der Waals surface area contributed by atoms with E-state index >= 15 is 0 Å². The molecule has 2 N–H and O–H groups in total. The molecule has 4 heteroatoms. The highest BCUT2D eigenvalue weighted by molar-refractivity contribution is 5.73. The van der Waals surface area contributed by atoms with E-state index in [-0.39, 0.29) is 22.7 Å². The van der Waals surface area contributed by atoms with Crippen molar-refractivity contribution in [3.8, 4) is 0 Å². The van der Waals surface area contributed by atoms with Crippen molar-refractivity contribution in [2.45, 2.75) is 88.5 Å². The fraction of sp³-hybridized carbons (Fsp3) is 0.895. The van der Waals surface area contributed by atoms with E-state index in [9.17, 15) is 9.59 Å². The van der Waals surface area contributed by atoms with Crippen LogP contribution in [0, 0.1) is 21.7 Å². The molecule has 0 saturated heterocycles. The van der Waals surface area contributed by atoms with Crippen molar-refractivity contribution < 1.29 is 19.8 Å². The van der Waals surface area contributed by atoms with Crippen molar-refractivity contribution >= 4 is 11.9 Å². The minimum Gasteiger partial charge on any atom is -0.481 e. The molecule has 0 aliphatic rings. The zero-order chi connectivity index (χ0) is 19.3. The van der Waals surface area contributed by atoms with Crippen LogP contribution < -0.4 is 0 Å². The third kappa shape index (κ3) is 15.6. The predicted octanol–water partition coefficient (Wildman–Crippen LogP) is 5.46. The summed E-state index contributed by atoms with van der Waals surface area (Å²) in [6, 6.07) is 0. The zero-order valence-corrected chi connectivity index (χ0v) is 16.8. The van der Waals surface area contributed by atoms with E-state index in [0.29, 0.717) is 6.42 Å². The third-order valence-electron chi connectivity index (χ3n) is 3.19. The van der Waals surface area contributed by atoms with E-state index in [0.717, 1.165) is 6.42 Å². The maximum Gasteiger partial charge on any atom is 0.309 e. The first-order valence-electron chi connectivity index (χ1n) is 8.23. The normalized spacial score (nSPS) is 13.1. The van der Waals surface area contributed by atoms with Crippen molar-refractivity contribution in [2.75, 3.05) is 0 Å². The summed E-state index contributed by atoms with van der Waals surface area (Å²) in [7, 11) is 0. The fourth-order valence-electron chi connectivity index (χ4n) is 3.31. The SMILES string of the molecule is CC(C)(C)CC(C)(C)C(=O)O.CC(C)(C)CC(C)(C)CC(=O)O. The van der Waals surface area contributed by atoms with Crippen LogP contribution in [0.1, 0.15) is 88.5 Å². The Labute approximate surface area is 142 Å². The second kappa shape index (κ2) is 8.16. The van der Waals surface area contributed by atoms with Crippen LogP contribution in [-0.4, -0.2) is 22.2 Å². The van der Waals surface area contributed by atoms with Crippen LogP contribution in [0.5, 0.6) is 0 Å². The smallest absolute Gasteiger partial charge is 0.309 e. The summed E-state index contributed by atoms with van der Waals surface area (Å²) in [5.41, 5.74) is -0.400. The largest absolute Gasteiger partial charge is 0.481 e. The second-order valence-corrected chi connectivity index (χ2v) is 10.4. The minimum absolute atomic E-state index is 0.0852. The first-order valence-corrected chi connectivity index (χ1v) is 8.23. The van der Waals surface area contributed by atoms with Gasteiger partial charge in [-0.2, -0.15) is 0 Å². The van der Waals surface area contributed by atoms with Gasteiger partial charge in [0, 0.05) is 0 Å². The summed E-state index contributed by atoms with van der Waals surface area (Å²) < 4.78 is 0. The van der Waals surface area contributed by atoms with Crippen LogP contribution in [0.4, 0.5) is 0 Å². The first kappa shape index (κ1) is 24.2. The Morgan fingerprint density at radius 2 is 1.04 bits per heavy atom. The summed E-state index contributed by atoms with van der Waals surface area (Å²) in [5, 5.41) is 17.5. The topological polar surface area (TPSA) is 74.6 Å². The van der Waals surface area contributed by atoms with Crippen LogP contribution in [-0.2, 0) is 9.59 Å². The standard InChI is InChI=1S/C10H20O2.C9H18O2/c1-9(2,3)7-10(4,5)6-8(11)12;1-8(2,3)6-9(4,5)7(10)11/h6-7H2,1-5H3,(H,11,12);6H2,1-5H3,(H,10,11). The monoisotopic (exact) mass is 330 g/mol. The summed E-state index contributed by atoms with van der Waals surface area (Å²) >= 11 is 0. The molecule has 0 saturated carbocycles. The van der Waals surface area contributed by atoms with Gasteiger partial charge in [-0.15, -0.1) is 0 Å². The van der Waals surface area contributed by atoms with Crippen LogP contribution in [0.25, 0.3) is 0 Å². The van der Waals surface area contributed by atoms with Crippen molar-refractivity contribution in [3.05, 3.63) is 0 Å². The van der Waals surface area contributed by atoms with Crippen molar-refractivity contribution in [1.82, 2.24) is 0 Å². The van der Waals surface area contributed by atoms with Gasteiger partial charge in [-0.1, -0.05) is 55.4 Å². The number of hydrogen-bond acceptors (Lipinski definition) is 2. The first-order chi connectivity index (χ1) is 9.77. The van der Waals surface area contributed by atoms with Gasteiger partial charge < -0.3 is 10.2 Å². The van der Waals surface area contributed by atoms with E-state index in [1.54, 1.807) is 13.8 Å². The van der Waals surface area contributed by atoms with E-state index in [1.807, 2.05) is 13.8 Å². The molecule has 0 aliphatic carbocycles. The van der Waals surface area contributed by atoms with Crippen LogP contribution in [0.15, 0.2) is 0 Å². The quantitative estimate of drug-likeness (QED) is 0.702. The predicted molar refractivity (Wildman–Crippen MR) is 95.6 cm³/mol. The fourth-order valence-corrected chi connectivity index (χ4v) is 3.31. The molecule has 0 spiro atoms. The van der Waals surface area contributed by atoms with Gasteiger partial charge in [0.2, 0.25) is 0 Å². The van der Waals surface area contributed by atoms with E-state index in [4.69, 9.17) is 10.2 Å². The molecule has 0 aromatic rings. The number of rotatable bonds is 5. The van der Waals surface area contributed by atoms with Crippen molar-refractivity contribution in [2.24, 2.45) is 21.7 Å². The maximum atomic E-state index is 10.7. The van der Waals surface area contributed by atoms with Gasteiger partial charge in [-0.05, 0) is 42.9 Å². The molecule has 0 rings (SSSR count). The van der Waals surface area contributed by atoms with E-state index in [2.05, 4.69) is 41.5 Å². The third-order valence-corrected chi connectivity index (χ3v) is 3.19. The molecular formula is C19H38O4. The van der Waals surface area contributed by atoms with Crippen molar-refractivity contribution in [1.29, 1.82) is 0 Å². The molecule has 0 aromatic heterocycles. The Morgan fingerprint density at radius 3 is 1.22 bits per heavy atom. The lowest BCUT2D eigenvalue weighted by Crippen LogP contribution is -2.28. The van der Waals surface area contributed by atoms with Gasteiger partial charge in [-0.25, -0.2) is 0 Å². The number of carbonyl (C=O) groups is 2. The molecule has 4 nitrogen and oxygen atoms in total. The average molecular weight is 331 g/mol. The lowest BCUT2D eigenvalue weighted by Gasteiger charge is -2.30. The number of carboxylic acid groups (broad SMARTS) is 2. The van der Waals surface area contributed by atoms with Crippen LogP contribution in [0.3, 0.4) is 0 Å². The van der Waals surface area contributed by atoms with Crippen LogP contribution in [0.2, 0.25) is 0 Å². The Morgan fingerprint density at radius 1 is 0.696 bits per heavy atom. The molecular weight excluding hydrogens is 292 g/mol. The lowest BCUT2D eigenvalue weighted by atomic mass is 9.74. The van der Waals surface area contributed by atoms with Crippen LogP contribution >= 0.6 is 0 Å². The summed E-state index contributed by atoms with van der Waals surface area (Å²) in [4.78, 5) is 21.2. The molecule has 0 amide bonds. The molecule has 0 atom stereocenters. The Kier molecular flexibility index (Phi) is 8.59. The lowest BCUT2D eigenvalue weighted by molar-refractivity contribution is -0.148. The van der Waals surface area contributed by atoms with Gasteiger partial charge in [0.25, 0.3) is 0 Å². The Bertz CT molecular complexity index is 393. The summed E-state index contributed by atoms with van der Waals surface area (Å²) in [5.74, 6) is -1.42. The summed E-state index contributed by atoms with van der Waals surface area (Å²) in [6.45, 7) is 20.1. The highest BCUT2D eigenvalue weighted by atomic mass is 16.4. The Balaban J connectivity index is 0.